The first-order chi connectivity index (χ1) is 23.8. The van der Waals surface area contributed by atoms with E-state index in [1.807, 2.05) is 36.4 Å². The van der Waals surface area contributed by atoms with E-state index in [1.54, 1.807) is 0 Å². The SMILES string of the molecule is C1=C(c2nc(-c3ccc4ccccc4c3)nc(-c3c(-c4ccccc4)ccc4oc5ccccc5c34)n2)c2oc3ccccc3c2CC1. The van der Waals surface area contributed by atoms with Gasteiger partial charge in [0.2, 0.25) is 0 Å². The van der Waals surface area contributed by atoms with Crippen LogP contribution in [-0.2, 0) is 6.42 Å². The van der Waals surface area contributed by atoms with E-state index in [4.69, 9.17) is 23.8 Å². The first kappa shape index (κ1) is 26.8. The Hall–Kier alpha value is -6.33. The molecule has 5 nitrogen and oxygen atoms in total. The number of rotatable bonds is 4. The van der Waals surface area contributed by atoms with Gasteiger partial charge in [0.15, 0.2) is 17.5 Å². The zero-order valence-electron chi connectivity index (χ0n) is 25.9. The zero-order chi connectivity index (χ0) is 31.6. The van der Waals surface area contributed by atoms with Gasteiger partial charge < -0.3 is 8.83 Å². The smallest absolute Gasteiger partial charge is 0.167 e. The Labute approximate surface area is 275 Å². The van der Waals surface area contributed by atoms with Gasteiger partial charge in [0.25, 0.3) is 0 Å². The van der Waals surface area contributed by atoms with Crippen molar-refractivity contribution >= 4 is 49.3 Å². The summed E-state index contributed by atoms with van der Waals surface area (Å²) in [7, 11) is 0. The molecule has 0 fully saturated rings. The van der Waals surface area contributed by atoms with Crippen LogP contribution in [0.5, 0.6) is 0 Å². The molecular formula is C43H27N3O2. The molecule has 0 spiro atoms. The minimum absolute atomic E-state index is 0.586. The second-order valence-electron chi connectivity index (χ2n) is 12.3. The molecule has 0 unspecified atom stereocenters. The van der Waals surface area contributed by atoms with E-state index in [2.05, 4.69) is 103 Å². The summed E-state index contributed by atoms with van der Waals surface area (Å²) in [5, 5.41) is 5.44. The van der Waals surface area contributed by atoms with E-state index < -0.39 is 0 Å². The average Bonchev–Trinajstić information content (AvgIpc) is 3.73. The Morgan fingerprint density at radius 3 is 2.08 bits per heavy atom. The first-order valence-electron chi connectivity index (χ1n) is 16.3. The molecule has 0 saturated carbocycles. The third-order valence-electron chi connectivity index (χ3n) is 9.42. The lowest BCUT2D eigenvalue weighted by Crippen LogP contribution is -2.07. The molecule has 0 atom stereocenters. The number of hydrogen-bond acceptors (Lipinski definition) is 5. The molecule has 0 amide bonds. The van der Waals surface area contributed by atoms with Crippen molar-refractivity contribution in [2.75, 3.05) is 0 Å². The lowest BCUT2D eigenvalue weighted by atomic mass is 9.93. The lowest BCUT2D eigenvalue weighted by molar-refractivity contribution is 0.590. The molecule has 0 bridgehead atoms. The van der Waals surface area contributed by atoms with Gasteiger partial charge in [-0.1, -0.05) is 109 Å². The van der Waals surface area contributed by atoms with Crippen molar-refractivity contribution in [1.29, 1.82) is 0 Å². The van der Waals surface area contributed by atoms with Crippen molar-refractivity contribution in [1.82, 2.24) is 15.0 Å². The highest BCUT2D eigenvalue weighted by Gasteiger charge is 2.27. The van der Waals surface area contributed by atoms with Crippen LogP contribution >= 0.6 is 0 Å². The van der Waals surface area contributed by atoms with Crippen molar-refractivity contribution in [3.63, 3.8) is 0 Å². The molecule has 10 rings (SSSR count). The van der Waals surface area contributed by atoms with Gasteiger partial charge >= 0.3 is 0 Å². The molecule has 0 aliphatic heterocycles. The summed E-state index contributed by atoms with van der Waals surface area (Å²) in [6.45, 7) is 0. The summed E-state index contributed by atoms with van der Waals surface area (Å²) < 4.78 is 12.9. The van der Waals surface area contributed by atoms with Crippen LogP contribution in [0.1, 0.15) is 23.6 Å². The van der Waals surface area contributed by atoms with E-state index >= 15 is 0 Å². The number of furan rings is 2. The molecule has 0 saturated heterocycles. The highest BCUT2D eigenvalue weighted by Crippen LogP contribution is 2.43. The van der Waals surface area contributed by atoms with Crippen LogP contribution in [0.25, 0.3) is 83.2 Å². The third kappa shape index (κ3) is 4.21. The van der Waals surface area contributed by atoms with E-state index in [0.29, 0.717) is 17.5 Å². The molecule has 0 radical (unpaired) electrons. The fourth-order valence-corrected chi connectivity index (χ4v) is 7.18. The summed E-state index contributed by atoms with van der Waals surface area (Å²) in [4.78, 5) is 15.8. The number of benzene rings is 6. The van der Waals surface area contributed by atoms with Gasteiger partial charge in [0, 0.05) is 32.8 Å². The minimum atomic E-state index is 0.586. The molecule has 3 aromatic heterocycles. The predicted octanol–water partition coefficient (Wildman–Crippen LogP) is 11.0. The Morgan fingerprint density at radius 2 is 1.21 bits per heavy atom. The zero-order valence-corrected chi connectivity index (χ0v) is 25.9. The second kappa shape index (κ2) is 10.6. The third-order valence-corrected chi connectivity index (χ3v) is 9.42. The van der Waals surface area contributed by atoms with Crippen molar-refractivity contribution in [2.24, 2.45) is 0 Å². The van der Waals surface area contributed by atoms with Crippen LogP contribution in [-0.4, -0.2) is 15.0 Å². The predicted molar refractivity (Wildman–Crippen MR) is 193 cm³/mol. The Bertz CT molecular complexity index is 2740. The van der Waals surface area contributed by atoms with Crippen LogP contribution in [0, 0.1) is 0 Å². The maximum atomic E-state index is 6.53. The fourth-order valence-electron chi connectivity index (χ4n) is 7.18. The van der Waals surface area contributed by atoms with Gasteiger partial charge in [-0.3, -0.25) is 0 Å². The molecule has 48 heavy (non-hydrogen) atoms. The molecule has 1 aliphatic carbocycles. The summed E-state index contributed by atoms with van der Waals surface area (Å²) >= 11 is 0. The average molecular weight is 618 g/mol. The van der Waals surface area contributed by atoms with E-state index in [9.17, 15) is 0 Å². The number of aryl methyl sites for hydroxylation is 1. The quantitative estimate of drug-likeness (QED) is 0.197. The van der Waals surface area contributed by atoms with Gasteiger partial charge in [-0.05, 0) is 65.1 Å². The van der Waals surface area contributed by atoms with Crippen LogP contribution in [0.15, 0.2) is 148 Å². The molecule has 9 aromatic rings. The summed E-state index contributed by atoms with van der Waals surface area (Å²) in [6, 6.07) is 45.7. The van der Waals surface area contributed by atoms with E-state index in [0.717, 1.165) is 84.7 Å². The van der Waals surface area contributed by atoms with Gasteiger partial charge in [-0.25, -0.2) is 15.0 Å². The van der Waals surface area contributed by atoms with E-state index in [1.165, 1.54) is 10.9 Å². The summed E-state index contributed by atoms with van der Waals surface area (Å²) in [6.07, 6.45) is 3.99. The van der Waals surface area contributed by atoms with Gasteiger partial charge in [-0.15, -0.1) is 0 Å². The standard InChI is InChI=1S/C43H27N3O2/c1-2-12-27(13-3-1)30-23-24-37-38(33-16-7-9-20-36(33)47-37)39(30)43-45-41(29-22-21-26-11-4-5-14-28(26)25-29)44-42(46-43)34-18-10-17-32-31-15-6-8-19-35(31)48-40(32)34/h1-9,11-16,18-25H,10,17H2. The lowest BCUT2D eigenvalue weighted by Gasteiger charge is -2.16. The molecule has 3 heterocycles. The van der Waals surface area contributed by atoms with Gasteiger partial charge in [0.05, 0.1) is 5.57 Å². The monoisotopic (exact) mass is 617 g/mol. The molecular weight excluding hydrogens is 590 g/mol. The normalized spacial score (nSPS) is 13.0. The maximum Gasteiger partial charge on any atom is 0.167 e. The van der Waals surface area contributed by atoms with Gasteiger partial charge in [0.1, 0.15) is 22.5 Å². The fraction of sp³-hybridized carbons (Fsp3) is 0.0465. The van der Waals surface area contributed by atoms with Crippen molar-refractivity contribution in [2.45, 2.75) is 12.8 Å². The molecule has 6 aromatic carbocycles. The van der Waals surface area contributed by atoms with Crippen molar-refractivity contribution in [3.05, 3.63) is 157 Å². The number of nitrogens with zero attached hydrogens (tertiary/aromatic N) is 3. The maximum absolute atomic E-state index is 6.53. The highest BCUT2D eigenvalue weighted by atomic mass is 16.3. The Balaban J connectivity index is 1.29. The topological polar surface area (TPSA) is 65.0 Å². The molecule has 226 valence electrons. The summed E-state index contributed by atoms with van der Waals surface area (Å²) in [5.74, 6) is 2.61. The first-order valence-corrected chi connectivity index (χ1v) is 16.3. The van der Waals surface area contributed by atoms with Crippen molar-refractivity contribution in [3.8, 4) is 33.9 Å². The van der Waals surface area contributed by atoms with Crippen LogP contribution in [0.4, 0.5) is 0 Å². The second-order valence-corrected chi connectivity index (χ2v) is 12.3. The summed E-state index contributed by atoms with van der Waals surface area (Å²) in [5.41, 5.74) is 8.51. The van der Waals surface area contributed by atoms with Gasteiger partial charge in [-0.2, -0.15) is 0 Å². The molecule has 1 aliphatic rings. The Morgan fingerprint density at radius 1 is 0.500 bits per heavy atom. The van der Waals surface area contributed by atoms with Crippen LogP contribution in [0.2, 0.25) is 0 Å². The van der Waals surface area contributed by atoms with Crippen molar-refractivity contribution < 1.29 is 8.83 Å². The molecule has 0 N–H and O–H groups in total. The number of hydrogen-bond donors (Lipinski definition) is 0. The number of allylic oxidation sites excluding steroid dienone is 1. The van der Waals surface area contributed by atoms with Crippen LogP contribution < -0.4 is 0 Å². The van der Waals surface area contributed by atoms with Crippen LogP contribution in [0.3, 0.4) is 0 Å². The number of para-hydroxylation sites is 2. The number of aromatic nitrogens is 3. The largest absolute Gasteiger partial charge is 0.456 e. The Kier molecular flexibility index (Phi) is 5.93. The number of fused-ring (bicyclic) bond motifs is 7. The minimum Gasteiger partial charge on any atom is -0.456 e. The molecule has 5 heteroatoms. The highest BCUT2D eigenvalue weighted by molar-refractivity contribution is 6.15. The van der Waals surface area contributed by atoms with E-state index in [-0.39, 0.29) is 0 Å².